The lowest BCUT2D eigenvalue weighted by molar-refractivity contribution is -0.127. The standard InChI is InChI=1S/C22H27NO3S/c1-3-4-12-26-20-9-5-17(14-21(20)25-2)6-10-22(24)23(19-7-8-19)15-18-11-13-27-16-18/h5-6,9-11,13-14,16,19H,3-4,7-8,12,15H2,1-2H3/b10-6+. The van der Waals surface area contributed by atoms with Crippen LogP contribution in [0.3, 0.4) is 0 Å². The van der Waals surface area contributed by atoms with Gasteiger partial charge in [0.1, 0.15) is 0 Å². The third-order valence-corrected chi connectivity index (χ3v) is 5.30. The van der Waals surface area contributed by atoms with Gasteiger partial charge in [0.15, 0.2) is 11.5 Å². The molecule has 27 heavy (non-hydrogen) atoms. The van der Waals surface area contributed by atoms with Crippen LogP contribution in [0, 0.1) is 0 Å². The second-order valence-corrected chi connectivity index (χ2v) is 7.55. The molecule has 5 heteroatoms. The van der Waals surface area contributed by atoms with Crippen LogP contribution in [-0.2, 0) is 11.3 Å². The molecule has 144 valence electrons. The van der Waals surface area contributed by atoms with Crippen molar-refractivity contribution in [3.8, 4) is 11.5 Å². The first-order valence-corrected chi connectivity index (χ1v) is 10.5. The van der Waals surface area contributed by atoms with Gasteiger partial charge in [-0.3, -0.25) is 4.79 Å². The number of methoxy groups -OCH3 is 1. The van der Waals surface area contributed by atoms with Gasteiger partial charge in [-0.05, 0) is 65.4 Å². The number of carbonyl (C=O) groups excluding carboxylic acids is 1. The molecule has 0 bridgehead atoms. The molecule has 0 radical (unpaired) electrons. The summed E-state index contributed by atoms with van der Waals surface area (Å²) in [6, 6.07) is 8.23. The van der Waals surface area contributed by atoms with Gasteiger partial charge in [-0.25, -0.2) is 0 Å². The quantitative estimate of drug-likeness (QED) is 0.420. The molecule has 0 atom stereocenters. The normalized spacial score (nSPS) is 13.7. The van der Waals surface area contributed by atoms with Crippen molar-refractivity contribution in [2.75, 3.05) is 13.7 Å². The molecule has 0 spiro atoms. The Morgan fingerprint density at radius 1 is 1.30 bits per heavy atom. The minimum atomic E-state index is 0.0611. The van der Waals surface area contributed by atoms with Gasteiger partial charge in [0.05, 0.1) is 13.7 Å². The number of hydrogen-bond donors (Lipinski definition) is 0. The van der Waals surface area contributed by atoms with E-state index in [1.54, 1.807) is 24.5 Å². The number of ether oxygens (including phenoxy) is 2. The molecule has 1 aliphatic rings. The summed E-state index contributed by atoms with van der Waals surface area (Å²) in [7, 11) is 1.64. The van der Waals surface area contributed by atoms with Crippen molar-refractivity contribution in [3.05, 3.63) is 52.2 Å². The van der Waals surface area contributed by atoms with Gasteiger partial charge in [0.2, 0.25) is 5.91 Å². The van der Waals surface area contributed by atoms with Gasteiger partial charge in [-0.2, -0.15) is 11.3 Å². The van der Waals surface area contributed by atoms with E-state index in [0.717, 1.165) is 37.0 Å². The molecule has 1 saturated carbocycles. The number of unbranched alkanes of at least 4 members (excludes halogenated alkanes) is 1. The Morgan fingerprint density at radius 3 is 2.81 bits per heavy atom. The number of carbonyl (C=O) groups is 1. The molecule has 1 fully saturated rings. The van der Waals surface area contributed by atoms with Crippen molar-refractivity contribution in [3.63, 3.8) is 0 Å². The molecule has 1 aromatic carbocycles. The number of amides is 1. The fourth-order valence-electron chi connectivity index (χ4n) is 2.85. The molecule has 0 N–H and O–H groups in total. The first-order valence-electron chi connectivity index (χ1n) is 9.52. The van der Waals surface area contributed by atoms with E-state index in [1.807, 2.05) is 29.2 Å². The Morgan fingerprint density at radius 2 is 2.15 bits per heavy atom. The summed E-state index contributed by atoms with van der Waals surface area (Å²) in [6.07, 6.45) is 7.82. The summed E-state index contributed by atoms with van der Waals surface area (Å²) < 4.78 is 11.2. The van der Waals surface area contributed by atoms with Crippen LogP contribution in [0.25, 0.3) is 6.08 Å². The van der Waals surface area contributed by atoms with E-state index in [2.05, 4.69) is 23.8 Å². The highest BCUT2D eigenvalue weighted by atomic mass is 32.1. The van der Waals surface area contributed by atoms with Gasteiger partial charge in [0, 0.05) is 18.7 Å². The van der Waals surface area contributed by atoms with Crippen molar-refractivity contribution in [2.45, 2.75) is 45.2 Å². The monoisotopic (exact) mass is 385 g/mol. The molecular weight excluding hydrogens is 358 g/mol. The Hall–Kier alpha value is -2.27. The molecule has 1 amide bonds. The predicted molar refractivity (Wildman–Crippen MR) is 110 cm³/mol. The van der Waals surface area contributed by atoms with E-state index in [0.29, 0.717) is 24.9 Å². The summed E-state index contributed by atoms with van der Waals surface area (Å²) in [5.74, 6) is 1.50. The van der Waals surface area contributed by atoms with Gasteiger partial charge in [-0.1, -0.05) is 19.4 Å². The summed E-state index contributed by atoms with van der Waals surface area (Å²) in [6.45, 7) is 3.50. The second kappa shape index (κ2) is 9.60. The molecular formula is C22H27NO3S. The Labute approximate surface area is 165 Å². The van der Waals surface area contributed by atoms with Crippen molar-refractivity contribution < 1.29 is 14.3 Å². The van der Waals surface area contributed by atoms with Gasteiger partial charge in [0.25, 0.3) is 0 Å². The molecule has 0 unspecified atom stereocenters. The number of benzene rings is 1. The van der Waals surface area contributed by atoms with Crippen molar-refractivity contribution in [1.82, 2.24) is 4.90 Å². The maximum Gasteiger partial charge on any atom is 0.247 e. The van der Waals surface area contributed by atoms with E-state index in [1.165, 1.54) is 5.56 Å². The third-order valence-electron chi connectivity index (χ3n) is 4.57. The Balaban J connectivity index is 1.65. The molecule has 3 rings (SSSR count). The minimum Gasteiger partial charge on any atom is -0.493 e. The van der Waals surface area contributed by atoms with E-state index in [4.69, 9.17) is 9.47 Å². The van der Waals surface area contributed by atoms with Crippen LogP contribution in [-0.4, -0.2) is 30.6 Å². The summed E-state index contributed by atoms with van der Waals surface area (Å²) >= 11 is 1.67. The highest BCUT2D eigenvalue weighted by molar-refractivity contribution is 7.07. The van der Waals surface area contributed by atoms with Gasteiger partial charge < -0.3 is 14.4 Å². The average molecular weight is 386 g/mol. The number of thiophene rings is 1. The smallest absolute Gasteiger partial charge is 0.247 e. The number of hydrogen-bond acceptors (Lipinski definition) is 4. The highest BCUT2D eigenvalue weighted by Crippen LogP contribution is 2.30. The zero-order valence-electron chi connectivity index (χ0n) is 16.0. The number of nitrogens with zero attached hydrogens (tertiary/aromatic N) is 1. The molecule has 0 aliphatic heterocycles. The number of rotatable bonds is 10. The molecule has 1 aliphatic carbocycles. The zero-order chi connectivity index (χ0) is 19.1. The molecule has 1 aromatic heterocycles. The second-order valence-electron chi connectivity index (χ2n) is 6.77. The maximum absolute atomic E-state index is 12.7. The fourth-order valence-corrected chi connectivity index (χ4v) is 3.51. The molecule has 2 aromatic rings. The first kappa shape index (κ1) is 19.5. The third kappa shape index (κ3) is 5.60. The van der Waals surface area contributed by atoms with E-state index >= 15 is 0 Å². The predicted octanol–water partition coefficient (Wildman–Crippen LogP) is 5.14. The molecule has 4 nitrogen and oxygen atoms in total. The van der Waals surface area contributed by atoms with Crippen LogP contribution in [0.15, 0.2) is 41.1 Å². The lowest BCUT2D eigenvalue weighted by Gasteiger charge is -2.20. The van der Waals surface area contributed by atoms with Crippen LogP contribution >= 0.6 is 11.3 Å². The van der Waals surface area contributed by atoms with E-state index in [-0.39, 0.29) is 5.91 Å². The molecule has 0 saturated heterocycles. The largest absolute Gasteiger partial charge is 0.493 e. The summed E-state index contributed by atoms with van der Waals surface area (Å²) in [4.78, 5) is 14.7. The Bertz CT molecular complexity index is 766. The maximum atomic E-state index is 12.7. The minimum absolute atomic E-state index is 0.0611. The fraction of sp³-hybridized carbons (Fsp3) is 0.409. The van der Waals surface area contributed by atoms with E-state index in [9.17, 15) is 4.79 Å². The van der Waals surface area contributed by atoms with Crippen molar-refractivity contribution in [1.29, 1.82) is 0 Å². The van der Waals surface area contributed by atoms with Crippen LogP contribution in [0.4, 0.5) is 0 Å². The van der Waals surface area contributed by atoms with Gasteiger partial charge in [-0.15, -0.1) is 0 Å². The first-order chi connectivity index (χ1) is 13.2. The van der Waals surface area contributed by atoms with Crippen molar-refractivity contribution in [2.24, 2.45) is 0 Å². The van der Waals surface area contributed by atoms with Gasteiger partial charge >= 0.3 is 0 Å². The van der Waals surface area contributed by atoms with Crippen LogP contribution in [0.2, 0.25) is 0 Å². The van der Waals surface area contributed by atoms with Crippen LogP contribution in [0.1, 0.15) is 43.7 Å². The average Bonchev–Trinajstić information content (AvgIpc) is 3.40. The highest BCUT2D eigenvalue weighted by Gasteiger charge is 2.31. The Kier molecular flexibility index (Phi) is 6.93. The van der Waals surface area contributed by atoms with Crippen LogP contribution in [0.5, 0.6) is 11.5 Å². The van der Waals surface area contributed by atoms with E-state index < -0.39 is 0 Å². The lowest BCUT2D eigenvalue weighted by atomic mass is 10.1. The molecule has 1 heterocycles. The summed E-state index contributed by atoms with van der Waals surface area (Å²) in [5.41, 5.74) is 2.12. The van der Waals surface area contributed by atoms with Crippen molar-refractivity contribution >= 4 is 23.3 Å². The SMILES string of the molecule is CCCCOc1ccc(/C=C/C(=O)N(Cc2ccsc2)C2CC2)cc1OC. The topological polar surface area (TPSA) is 38.8 Å². The van der Waals surface area contributed by atoms with Crippen LogP contribution < -0.4 is 9.47 Å². The summed E-state index contributed by atoms with van der Waals surface area (Å²) in [5, 5.41) is 4.16. The lowest BCUT2D eigenvalue weighted by Crippen LogP contribution is -2.30. The zero-order valence-corrected chi connectivity index (χ0v) is 16.8.